The molecule has 0 atom stereocenters. The molecule has 0 saturated carbocycles. The van der Waals surface area contributed by atoms with Crippen LogP contribution >= 0.6 is 7.26 Å². The van der Waals surface area contributed by atoms with Crippen molar-refractivity contribution < 1.29 is 9.47 Å². The van der Waals surface area contributed by atoms with Gasteiger partial charge in [-0.2, -0.15) is 0 Å². The molecular formula is C35H30O2P+. The third kappa shape index (κ3) is 4.12. The molecule has 6 rings (SSSR count). The first-order valence-corrected chi connectivity index (χ1v) is 14.8. The van der Waals surface area contributed by atoms with E-state index in [0.717, 1.165) is 23.0 Å². The highest BCUT2D eigenvalue weighted by Gasteiger charge is 2.45. The third-order valence-electron chi connectivity index (χ3n) is 7.43. The Morgan fingerprint density at radius 1 is 0.500 bits per heavy atom. The number of fused-ring (bicyclic) bond motifs is 3. The summed E-state index contributed by atoms with van der Waals surface area (Å²) < 4.78 is 11.2. The second-order valence-electron chi connectivity index (χ2n) is 9.49. The van der Waals surface area contributed by atoms with Gasteiger partial charge >= 0.3 is 0 Å². The Labute approximate surface area is 224 Å². The number of benzene rings is 6. The zero-order valence-electron chi connectivity index (χ0n) is 21.7. The van der Waals surface area contributed by atoms with E-state index in [1.165, 1.54) is 37.6 Å². The van der Waals surface area contributed by atoms with Crippen LogP contribution in [0.2, 0.25) is 0 Å². The molecule has 0 amide bonds. The molecular weight excluding hydrogens is 483 g/mol. The standard InChI is InChI=1S/C35H30O2P/c1-36-34-23-22-32-31-20-18-26(24-27(31)19-21-33(32)35(34)37-2)25-38(28-12-6-3-7-13-28,29-14-8-4-9-15-29)30-16-10-5-11-17-30/h3-24H,25H2,1-2H3/q+1. The summed E-state index contributed by atoms with van der Waals surface area (Å²) in [7, 11) is 1.42. The normalized spacial score (nSPS) is 11.5. The first-order chi connectivity index (χ1) is 18.7. The highest BCUT2D eigenvalue weighted by molar-refractivity contribution is 7.95. The molecule has 0 unspecified atom stereocenters. The van der Waals surface area contributed by atoms with Crippen molar-refractivity contribution in [1.29, 1.82) is 0 Å². The van der Waals surface area contributed by atoms with Crippen LogP contribution in [-0.2, 0) is 6.16 Å². The lowest BCUT2D eigenvalue weighted by molar-refractivity contribution is 0.358. The summed E-state index contributed by atoms with van der Waals surface area (Å²) in [5.74, 6) is 1.53. The minimum absolute atomic E-state index is 0.749. The molecule has 2 nitrogen and oxygen atoms in total. The van der Waals surface area contributed by atoms with Gasteiger partial charge in [-0.05, 0) is 82.4 Å². The van der Waals surface area contributed by atoms with Gasteiger partial charge in [0, 0.05) is 5.39 Å². The molecule has 3 heteroatoms. The molecule has 0 saturated heterocycles. The van der Waals surface area contributed by atoms with E-state index < -0.39 is 7.26 Å². The summed E-state index contributed by atoms with van der Waals surface area (Å²) in [4.78, 5) is 0. The lowest BCUT2D eigenvalue weighted by Gasteiger charge is -2.28. The minimum atomic E-state index is -1.96. The predicted molar refractivity (Wildman–Crippen MR) is 163 cm³/mol. The average molecular weight is 514 g/mol. The third-order valence-corrected chi connectivity index (χ3v) is 11.8. The Bertz CT molecular complexity index is 1600. The average Bonchev–Trinajstić information content (AvgIpc) is 3.00. The maximum atomic E-state index is 5.71. The van der Waals surface area contributed by atoms with Crippen molar-refractivity contribution in [1.82, 2.24) is 0 Å². The minimum Gasteiger partial charge on any atom is -0.493 e. The highest BCUT2D eigenvalue weighted by atomic mass is 31.2. The molecule has 0 aliphatic carbocycles. The molecule has 38 heavy (non-hydrogen) atoms. The van der Waals surface area contributed by atoms with Gasteiger partial charge in [0.05, 0.1) is 20.4 Å². The monoisotopic (exact) mass is 513 g/mol. The van der Waals surface area contributed by atoms with Gasteiger partial charge in [-0.25, -0.2) is 0 Å². The Hall–Kier alpha value is -4.13. The fourth-order valence-electron chi connectivity index (χ4n) is 5.66. The van der Waals surface area contributed by atoms with E-state index in [-0.39, 0.29) is 0 Å². The summed E-state index contributed by atoms with van der Waals surface area (Å²) in [6, 6.07) is 48.6. The van der Waals surface area contributed by atoms with Crippen molar-refractivity contribution in [2.24, 2.45) is 0 Å². The molecule has 0 radical (unpaired) electrons. The van der Waals surface area contributed by atoms with Crippen molar-refractivity contribution in [2.45, 2.75) is 6.16 Å². The van der Waals surface area contributed by atoms with E-state index in [9.17, 15) is 0 Å². The molecule has 0 aliphatic heterocycles. The summed E-state index contributed by atoms with van der Waals surface area (Å²) >= 11 is 0. The lowest BCUT2D eigenvalue weighted by atomic mass is 9.99. The maximum absolute atomic E-state index is 5.71. The maximum Gasteiger partial charge on any atom is 0.168 e. The highest BCUT2D eigenvalue weighted by Crippen LogP contribution is 2.58. The van der Waals surface area contributed by atoms with Crippen molar-refractivity contribution >= 4 is 44.7 Å². The van der Waals surface area contributed by atoms with Crippen LogP contribution in [0.5, 0.6) is 11.5 Å². The Balaban J connectivity index is 1.55. The summed E-state index contributed by atoms with van der Waals surface area (Å²) in [5.41, 5.74) is 1.34. The molecule has 0 fully saturated rings. The predicted octanol–water partition coefficient (Wildman–Crippen LogP) is 7.50. The second-order valence-corrected chi connectivity index (χ2v) is 13.0. The molecule has 0 spiro atoms. The van der Waals surface area contributed by atoms with Gasteiger partial charge in [-0.15, -0.1) is 0 Å². The van der Waals surface area contributed by atoms with Crippen molar-refractivity contribution in [3.05, 3.63) is 139 Å². The second kappa shape index (κ2) is 10.3. The van der Waals surface area contributed by atoms with Gasteiger partial charge < -0.3 is 9.47 Å². The Morgan fingerprint density at radius 3 is 1.55 bits per heavy atom. The van der Waals surface area contributed by atoms with Crippen LogP contribution < -0.4 is 25.4 Å². The van der Waals surface area contributed by atoms with Crippen LogP contribution in [0, 0.1) is 0 Å². The van der Waals surface area contributed by atoms with Crippen LogP contribution in [-0.4, -0.2) is 14.2 Å². The Kier molecular flexibility index (Phi) is 6.58. The smallest absolute Gasteiger partial charge is 0.168 e. The van der Waals surface area contributed by atoms with Crippen molar-refractivity contribution in [3.8, 4) is 11.5 Å². The molecule has 0 N–H and O–H groups in total. The first kappa shape index (κ1) is 24.2. The number of methoxy groups -OCH3 is 2. The van der Waals surface area contributed by atoms with E-state index in [4.69, 9.17) is 9.47 Å². The fourth-order valence-corrected chi connectivity index (χ4v) is 9.89. The van der Waals surface area contributed by atoms with Gasteiger partial charge in [-0.3, -0.25) is 0 Å². The van der Waals surface area contributed by atoms with Crippen LogP contribution in [0.25, 0.3) is 21.5 Å². The van der Waals surface area contributed by atoms with Crippen LogP contribution in [0.15, 0.2) is 133 Å². The van der Waals surface area contributed by atoms with Crippen LogP contribution in [0.3, 0.4) is 0 Å². The molecule has 0 aromatic heterocycles. The van der Waals surface area contributed by atoms with E-state index in [1.807, 2.05) is 6.07 Å². The van der Waals surface area contributed by atoms with Crippen molar-refractivity contribution in [3.63, 3.8) is 0 Å². The van der Waals surface area contributed by atoms with E-state index in [1.54, 1.807) is 14.2 Å². The van der Waals surface area contributed by atoms with E-state index >= 15 is 0 Å². The molecule has 186 valence electrons. The topological polar surface area (TPSA) is 18.5 Å². The van der Waals surface area contributed by atoms with Gasteiger partial charge in [0.2, 0.25) is 0 Å². The van der Waals surface area contributed by atoms with E-state index in [2.05, 4.69) is 127 Å². The van der Waals surface area contributed by atoms with Crippen LogP contribution in [0.1, 0.15) is 5.56 Å². The number of ether oxygens (including phenoxy) is 2. The van der Waals surface area contributed by atoms with Gasteiger partial charge in [-0.1, -0.05) is 72.8 Å². The number of hydrogen-bond donors (Lipinski definition) is 0. The summed E-state index contributed by atoms with van der Waals surface area (Å²) in [6.45, 7) is 0. The molecule has 0 aliphatic rings. The largest absolute Gasteiger partial charge is 0.493 e. The van der Waals surface area contributed by atoms with Gasteiger partial charge in [0.1, 0.15) is 23.2 Å². The summed E-state index contributed by atoms with van der Waals surface area (Å²) in [6.07, 6.45) is 0.949. The first-order valence-electron chi connectivity index (χ1n) is 12.9. The number of hydrogen-bond acceptors (Lipinski definition) is 2. The molecule has 6 aromatic carbocycles. The van der Waals surface area contributed by atoms with Crippen molar-refractivity contribution in [2.75, 3.05) is 14.2 Å². The quantitative estimate of drug-likeness (QED) is 0.163. The zero-order chi connectivity index (χ0) is 26.0. The lowest BCUT2D eigenvalue weighted by Crippen LogP contribution is -2.32. The Morgan fingerprint density at radius 2 is 1.03 bits per heavy atom. The van der Waals surface area contributed by atoms with E-state index in [0.29, 0.717) is 0 Å². The fraction of sp³-hybridized carbons (Fsp3) is 0.0857. The SMILES string of the molecule is COc1ccc2c(ccc3cc(C[P+](c4ccccc4)(c4ccccc4)c4ccccc4)ccc32)c1OC. The summed E-state index contributed by atoms with van der Waals surface area (Å²) in [5, 5.41) is 8.87. The molecule has 0 heterocycles. The molecule has 6 aromatic rings. The van der Waals surface area contributed by atoms with Gasteiger partial charge in [0.25, 0.3) is 0 Å². The van der Waals surface area contributed by atoms with Gasteiger partial charge in [0.15, 0.2) is 11.5 Å². The zero-order valence-corrected chi connectivity index (χ0v) is 22.6. The number of rotatable bonds is 7. The van der Waals surface area contributed by atoms with Crippen LogP contribution in [0.4, 0.5) is 0 Å². The molecule has 0 bridgehead atoms.